The molecule has 3 heterocycles. The zero-order chi connectivity index (χ0) is 17.6. The number of aromatic nitrogens is 1. The summed E-state index contributed by atoms with van der Waals surface area (Å²) in [6.45, 7) is 0.807. The number of carbonyl (C=O) groups excluding carboxylic acids is 1. The largest absolute Gasteiger partial charge is 0.465 e. The number of nitrogens with zero attached hydrogens (tertiary/aromatic N) is 2. The van der Waals surface area contributed by atoms with Crippen LogP contribution in [0.4, 0.5) is 5.82 Å². The summed E-state index contributed by atoms with van der Waals surface area (Å²) in [7, 11) is 1.32. The number of ether oxygens (including phenoxy) is 1. The van der Waals surface area contributed by atoms with Gasteiger partial charge < -0.3 is 14.1 Å². The van der Waals surface area contributed by atoms with Crippen LogP contribution in [0.2, 0.25) is 5.02 Å². The van der Waals surface area contributed by atoms with E-state index in [0.29, 0.717) is 51.8 Å². The minimum Gasteiger partial charge on any atom is -0.465 e. The van der Waals surface area contributed by atoms with Gasteiger partial charge in [-0.1, -0.05) is 17.7 Å². The van der Waals surface area contributed by atoms with Gasteiger partial charge in [-0.3, -0.25) is 4.79 Å². The Balaban J connectivity index is 1.70. The third kappa shape index (κ3) is 2.55. The van der Waals surface area contributed by atoms with Crippen LogP contribution in [0.3, 0.4) is 0 Å². The van der Waals surface area contributed by atoms with Gasteiger partial charge in [-0.2, -0.15) is 0 Å². The first kappa shape index (κ1) is 15.7. The Labute approximate surface area is 147 Å². The summed E-state index contributed by atoms with van der Waals surface area (Å²) in [5, 5.41) is 0.888. The fourth-order valence-corrected chi connectivity index (χ4v) is 3.16. The van der Waals surface area contributed by atoms with Gasteiger partial charge in [-0.25, -0.2) is 9.78 Å². The summed E-state index contributed by atoms with van der Waals surface area (Å²) in [4.78, 5) is 30.4. The van der Waals surface area contributed by atoms with E-state index in [2.05, 4.69) is 9.72 Å². The van der Waals surface area contributed by atoms with Crippen molar-refractivity contribution in [2.45, 2.75) is 13.1 Å². The lowest BCUT2D eigenvalue weighted by Gasteiger charge is -2.15. The molecule has 1 aromatic carbocycles. The summed E-state index contributed by atoms with van der Waals surface area (Å²) in [6.07, 6.45) is 1.45. The number of esters is 1. The number of para-hydroxylation sites is 1. The van der Waals surface area contributed by atoms with Crippen LogP contribution in [0.5, 0.6) is 0 Å². The van der Waals surface area contributed by atoms with E-state index in [1.165, 1.54) is 13.3 Å². The molecule has 3 aromatic rings. The van der Waals surface area contributed by atoms with Crippen molar-refractivity contribution >= 4 is 34.4 Å². The van der Waals surface area contributed by atoms with E-state index in [4.69, 9.17) is 16.0 Å². The van der Waals surface area contributed by atoms with E-state index in [1.54, 1.807) is 30.3 Å². The molecule has 0 unspecified atom stereocenters. The fourth-order valence-electron chi connectivity index (χ4n) is 2.95. The van der Waals surface area contributed by atoms with E-state index in [0.717, 1.165) is 0 Å². The number of methoxy groups -OCH3 is 1. The Morgan fingerprint density at radius 1 is 1.28 bits per heavy atom. The number of anilines is 1. The summed E-state index contributed by atoms with van der Waals surface area (Å²) in [5.74, 6) is 0.791. The summed E-state index contributed by atoms with van der Waals surface area (Å²) < 4.78 is 10.5. The van der Waals surface area contributed by atoms with Crippen LogP contribution in [0, 0.1) is 0 Å². The van der Waals surface area contributed by atoms with E-state index in [1.807, 2.05) is 4.90 Å². The van der Waals surface area contributed by atoms with E-state index < -0.39 is 5.97 Å². The molecule has 0 saturated carbocycles. The van der Waals surface area contributed by atoms with Gasteiger partial charge in [0.1, 0.15) is 11.6 Å². The molecule has 6 nitrogen and oxygen atoms in total. The topological polar surface area (TPSA) is 72.6 Å². The predicted molar refractivity (Wildman–Crippen MR) is 93.0 cm³/mol. The van der Waals surface area contributed by atoms with Crippen molar-refractivity contribution in [3.8, 4) is 0 Å². The molecule has 1 aliphatic heterocycles. The van der Waals surface area contributed by atoms with Gasteiger partial charge in [0.25, 0.3) is 0 Å². The van der Waals surface area contributed by atoms with Crippen molar-refractivity contribution < 1.29 is 13.9 Å². The Morgan fingerprint density at radius 2 is 2.12 bits per heavy atom. The van der Waals surface area contributed by atoms with Gasteiger partial charge in [-0.05, 0) is 24.3 Å². The molecule has 4 rings (SSSR count). The average molecular weight is 357 g/mol. The summed E-state index contributed by atoms with van der Waals surface area (Å²) in [5.41, 5.74) is 1.31. The predicted octanol–water partition coefficient (Wildman–Crippen LogP) is 3.15. The zero-order valence-corrected chi connectivity index (χ0v) is 14.0. The van der Waals surface area contributed by atoms with Crippen LogP contribution < -0.4 is 10.3 Å². The summed E-state index contributed by atoms with van der Waals surface area (Å²) in [6, 6.07) is 8.49. The molecule has 0 saturated heterocycles. The molecule has 7 heteroatoms. The van der Waals surface area contributed by atoms with Crippen molar-refractivity contribution in [1.82, 2.24) is 4.98 Å². The van der Waals surface area contributed by atoms with Gasteiger partial charge in [-0.15, -0.1) is 0 Å². The van der Waals surface area contributed by atoms with Crippen molar-refractivity contribution in [2.75, 3.05) is 12.0 Å². The van der Waals surface area contributed by atoms with Crippen molar-refractivity contribution in [2.24, 2.45) is 0 Å². The second kappa shape index (κ2) is 5.89. The highest BCUT2D eigenvalue weighted by Crippen LogP contribution is 2.30. The molecule has 2 aromatic heterocycles. The molecule has 25 heavy (non-hydrogen) atoms. The Hall–Kier alpha value is -2.86. The molecule has 1 aliphatic rings. The number of rotatable bonds is 2. The van der Waals surface area contributed by atoms with Crippen LogP contribution in [0.1, 0.15) is 21.7 Å². The lowest BCUT2D eigenvalue weighted by molar-refractivity contribution is 0.0600. The second-order valence-corrected chi connectivity index (χ2v) is 6.11. The maximum atomic E-state index is 12.7. The van der Waals surface area contributed by atoms with Crippen LogP contribution in [0.25, 0.3) is 11.0 Å². The van der Waals surface area contributed by atoms with Crippen LogP contribution in [-0.2, 0) is 17.8 Å². The normalized spacial score (nSPS) is 13.1. The fraction of sp³-hybridized carbons (Fsp3) is 0.167. The minimum atomic E-state index is -0.443. The van der Waals surface area contributed by atoms with Crippen molar-refractivity contribution in [3.63, 3.8) is 0 Å². The second-order valence-electron chi connectivity index (χ2n) is 5.70. The number of hydrogen-bond acceptors (Lipinski definition) is 6. The number of benzene rings is 1. The smallest absolute Gasteiger partial charge is 0.339 e. The lowest BCUT2D eigenvalue weighted by Crippen LogP contribution is -2.18. The zero-order valence-electron chi connectivity index (χ0n) is 13.3. The third-order valence-corrected chi connectivity index (χ3v) is 4.52. The van der Waals surface area contributed by atoms with Crippen LogP contribution >= 0.6 is 11.6 Å². The molecule has 0 radical (unpaired) electrons. The first-order valence-corrected chi connectivity index (χ1v) is 7.98. The maximum absolute atomic E-state index is 12.7. The van der Waals surface area contributed by atoms with Gasteiger partial charge in [0.15, 0.2) is 11.0 Å². The van der Waals surface area contributed by atoms with Gasteiger partial charge in [0.2, 0.25) is 0 Å². The molecule has 0 bridgehead atoms. The highest BCUT2D eigenvalue weighted by molar-refractivity contribution is 6.34. The maximum Gasteiger partial charge on any atom is 0.339 e. The first-order valence-electron chi connectivity index (χ1n) is 7.61. The average Bonchev–Trinajstić information content (AvgIpc) is 3.07. The quantitative estimate of drug-likeness (QED) is 0.657. The number of carbonyl (C=O) groups is 1. The van der Waals surface area contributed by atoms with Crippen LogP contribution in [-0.4, -0.2) is 18.1 Å². The number of pyridine rings is 1. The van der Waals surface area contributed by atoms with E-state index >= 15 is 0 Å². The Morgan fingerprint density at radius 3 is 2.84 bits per heavy atom. The molecule has 0 amide bonds. The van der Waals surface area contributed by atoms with Gasteiger partial charge in [0.05, 0.1) is 41.7 Å². The van der Waals surface area contributed by atoms with Gasteiger partial charge >= 0.3 is 5.97 Å². The highest BCUT2D eigenvalue weighted by atomic mass is 35.5. The molecule has 0 aliphatic carbocycles. The third-order valence-electron chi connectivity index (χ3n) is 4.22. The Kier molecular flexibility index (Phi) is 3.69. The van der Waals surface area contributed by atoms with Crippen molar-refractivity contribution in [1.29, 1.82) is 0 Å². The highest BCUT2D eigenvalue weighted by Gasteiger charge is 2.27. The van der Waals surface area contributed by atoms with E-state index in [9.17, 15) is 9.59 Å². The molecule has 0 fully saturated rings. The molecule has 0 spiro atoms. The number of halogens is 1. The lowest BCUT2D eigenvalue weighted by atomic mass is 10.1. The molecule has 0 atom stereocenters. The molecule has 0 N–H and O–H groups in total. The molecular weight excluding hydrogens is 344 g/mol. The van der Waals surface area contributed by atoms with E-state index in [-0.39, 0.29) is 5.43 Å². The number of fused-ring (bicyclic) bond motifs is 2. The van der Waals surface area contributed by atoms with Crippen molar-refractivity contribution in [3.05, 3.63) is 68.7 Å². The number of hydrogen-bond donors (Lipinski definition) is 0. The Bertz CT molecular complexity index is 1040. The minimum absolute atomic E-state index is 0.0765. The monoisotopic (exact) mass is 356 g/mol. The first-order chi connectivity index (χ1) is 12.1. The molecule has 126 valence electrons. The SMILES string of the molecule is COC(=O)c1ccc(N2Cc3oc4c(Cl)cccc4c(=O)c3C2)nc1. The van der Waals surface area contributed by atoms with Crippen LogP contribution in [0.15, 0.2) is 45.7 Å². The summed E-state index contributed by atoms with van der Waals surface area (Å²) >= 11 is 6.14. The standard InChI is InChI=1S/C18H13ClN2O4/c1-24-18(23)10-5-6-15(20-7-10)21-8-12-14(9-21)25-17-11(16(12)22)3-2-4-13(17)19/h2-7H,8-9H2,1H3. The van der Waals surface area contributed by atoms with Gasteiger partial charge in [0, 0.05) is 6.20 Å². The molecular formula is C18H13ClN2O4.